The lowest BCUT2D eigenvalue weighted by Gasteiger charge is -2.32. The standard InChI is InChI=1S/C14H22N4O3/c1-9(2)8-17(10(3)4)13-6-5-11(18(20)21)7-12(13)14(15)16-19/h5-7,9-10,19H,8H2,1-4H3,(H2,15,16). The Balaban J connectivity index is 3.41. The predicted molar refractivity (Wildman–Crippen MR) is 82.9 cm³/mol. The molecule has 0 aliphatic rings. The number of oxime groups is 1. The highest BCUT2D eigenvalue weighted by Crippen LogP contribution is 2.27. The zero-order chi connectivity index (χ0) is 16.2. The number of nitrogens with two attached hydrogens (primary N) is 1. The van der Waals surface area contributed by atoms with Gasteiger partial charge in [-0.1, -0.05) is 19.0 Å². The summed E-state index contributed by atoms with van der Waals surface area (Å²) < 4.78 is 0. The summed E-state index contributed by atoms with van der Waals surface area (Å²) in [7, 11) is 0. The van der Waals surface area contributed by atoms with Crippen molar-refractivity contribution < 1.29 is 10.1 Å². The highest BCUT2D eigenvalue weighted by Gasteiger charge is 2.20. The number of rotatable bonds is 6. The minimum atomic E-state index is -0.500. The average Bonchev–Trinajstić information content (AvgIpc) is 2.42. The molecular formula is C14H22N4O3. The fourth-order valence-corrected chi connectivity index (χ4v) is 2.13. The number of hydrogen-bond acceptors (Lipinski definition) is 5. The molecule has 7 heteroatoms. The van der Waals surface area contributed by atoms with Crippen LogP contribution in [0.3, 0.4) is 0 Å². The first-order valence-corrected chi connectivity index (χ1v) is 6.80. The number of nitro benzene ring substituents is 1. The first-order valence-electron chi connectivity index (χ1n) is 6.80. The van der Waals surface area contributed by atoms with Crippen LogP contribution < -0.4 is 10.6 Å². The lowest BCUT2D eigenvalue weighted by Crippen LogP contribution is -2.36. The van der Waals surface area contributed by atoms with E-state index in [1.54, 1.807) is 6.07 Å². The maximum atomic E-state index is 10.9. The average molecular weight is 294 g/mol. The van der Waals surface area contributed by atoms with Crippen molar-refractivity contribution in [3.63, 3.8) is 0 Å². The number of nitro groups is 1. The Morgan fingerprint density at radius 1 is 1.43 bits per heavy atom. The number of hydrogen-bond donors (Lipinski definition) is 2. The van der Waals surface area contributed by atoms with Crippen molar-refractivity contribution in [3.8, 4) is 0 Å². The van der Waals surface area contributed by atoms with Crippen molar-refractivity contribution in [3.05, 3.63) is 33.9 Å². The van der Waals surface area contributed by atoms with Gasteiger partial charge in [-0.3, -0.25) is 10.1 Å². The molecule has 1 aromatic rings. The highest BCUT2D eigenvalue weighted by atomic mass is 16.6. The number of amidine groups is 1. The van der Waals surface area contributed by atoms with E-state index in [-0.39, 0.29) is 17.6 Å². The van der Waals surface area contributed by atoms with Gasteiger partial charge in [-0.25, -0.2) is 0 Å². The monoisotopic (exact) mass is 294 g/mol. The summed E-state index contributed by atoms with van der Waals surface area (Å²) in [4.78, 5) is 12.5. The lowest BCUT2D eigenvalue weighted by atomic mass is 10.1. The summed E-state index contributed by atoms with van der Waals surface area (Å²) in [6, 6.07) is 4.59. The Morgan fingerprint density at radius 2 is 2.05 bits per heavy atom. The molecule has 1 rings (SSSR count). The normalized spacial score (nSPS) is 12.0. The van der Waals surface area contributed by atoms with Gasteiger partial charge < -0.3 is 15.8 Å². The van der Waals surface area contributed by atoms with E-state index in [9.17, 15) is 10.1 Å². The topological polar surface area (TPSA) is 105 Å². The van der Waals surface area contributed by atoms with E-state index in [4.69, 9.17) is 10.9 Å². The molecule has 0 atom stereocenters. The van der Waals surface area contributed by atoms with E-state index >= 15 is 0 Å². The number of non-ortho nitro benzene ring substituents is 1. The van der Waals surface area contributed by atoms with E-state index in [1.165, 1.54) is 12.1 Å². The van der Waals surface area contributed by atoms with Gasteiger partial charge in [-0.2, -0.15) is 0 Å². The van der Waals surface area contributed by atoms with Gasteiger partial charge in [0.1, 0.15) is 0 Å². The summed E-state index contributed by atoms with van der Waals surface area (Å²) in [6.45, 7) is 8.99. The summed E-state index contributed by atoms with van der Waals surface area (Å²) >= 11 is 0. The van der Waals surface area contributed by atoms with Crippen LogP contribution in [0.25, 0.3) is 0 Å². The first kappa shape index (κ1) is 16.7. The third-order valence-electron chi connectivity index (χ3n) is 3.07. The van der Waals surface area contributed by atoms with Crippen LogP contribution in [0, 0.1) is 16.0 Å². The maximum absolute atomic E-state index is 10.9. The van der Waals surface area contributed by atoms with Crippen LogP contribution in [-0.2, 0) is 0 Å². The summed E-state index contributed by atoms with van der Waals surface area (Å²) in [5, 5.41) is 22.8. The van der Waals surface area contributed by atoms with Crippen LogP contribution in [0.15, 0.2) is 23.4 Å². The predicted octanol–water partition coefficient (Wildman–Crippen LogP) is 2.56. The zero-order valence-electron chi connectivity index (χ0n) is 12.8. The molecule has 0 saturated heterocycles. The minimum Gasteiger partial charge on any atom is -0.409 e. The van der Waals surface area contributed by atoms with Crippen molar-refractivity contribution in [2.75, 3.05) is 11.4 Å². The summed E-state index contributed by atoms with van der Waals surface area (Å²) in [5.41, 5.74) is 6.68. The van der Waals surface area contributed by atoms with Crippen molar-refractivity contribution in [2.24, 2.45) is 16.8 Å². The van der Waals surface area contributed by atoms with E-state index in [1.807, 2.05) is 13.8 Å². The number of nitrogens with zero attached hydrogens (tertiary/aromatic N) is 3. The second kappa shape index (κ2) is 6.92. The van der Waals surface area contributed by atoms with Crippen LogP contribution >= 0.6 is 0 Å². The maximum Gasteiger partial charge on any atom is 0.270 e. The molecule has 0 heterocycles. The van der Waals surface area contributed by atoms with E-state index in [2.05, 4.69) is 23.9 Å². The molecule has 0 saturated carbocycles. The minimum absolute atomic E-state index is 0.0893. The smallest absolute Gasteiger partial charge is 0.270 e. The van der Waals surface area contributed by atoms with Crippen LogP contribution in [0.5, 0.6) is 0 Å². The van der Waals surface area contributed by atoms with Crippen LogP contribution in [0.2, 0.25) is 0 Å². The molecule has 0 aliphatic carbocycles. The Morgan fingerprint density at radius 3 is 2.48 bits per heavy atom. The van der Waals surface area contributed by atoms with Gasteiger partial charge in [0.15, 0.2) is 5.84 Å². The van der Waals surface area contributed by atoms with Gasteiger partial charge in [-0.15, -0.1) is 0 Å². The Bertz CT molecular complexity index is 541. The Labute approximate surface area is 124 Å². The van der Waals surface area contributed by atoms with Gasteiger partial charge >= 0.3 is 0 Å². The van der Waals surface area contributed by atoms with Gasteiger partial charge in [-0.05, 0) is 25.8 Å². The molecule has 0 radical (unpaired) electrons. The molecule has 21 heavy (non-hydrogen) atoms. The van der Waals surface area contributed by atoms with Crippen molar-refractivity contribution in [1.82, 2.24) is 0 Å². The molecule has 0 amide bonds. The van der Waals surface area contributed by atoms with Gasteiger partial charge in [0, 0.05) is 30.4 Å². The van der Waals surface area contributed by atoms with Crippen molar-refractivity contribution in [2.45, 2.75) is 33.7 Å². The third kappa shape index (κ3) is 4.08. The molecule has 3 N–H and O–H groups in total. The molecule has 0 aromatic heterocycles. The molecule has 0 aliphatic heterocycles. The number of anilines is 1. The highest BCUT2D eigenvalue weighted by molar-refractivity contribution is 6.02. The lowest BCUT2D eigenvalue weighted by molar-refractivity contribution is -0.384. The molecule has 0 bridgehead atoms. The van der Waals surface area contributed by atoms with Crippen molar-refractivity contribution in [1.29, 1.82) is 0 Å². The molecular weight excluding hydrogens is 272 g/mol. The van der Waals surface area contributed by atoms with Crippen LogP contribution in [0.4, 0.5) is 11.4 Å². The Kier molecular flexibility index (Phi) is 5.52. The second-order valence-corrected chi connectivity index (χ2v) is 5.58. The van der Waals surface area contributed by atoms with Crippen molar-refractivity contribution >= 4 is 17.2 Å². The van der Waals surface area contributed by atoms with Crippen LogP contribution in [0.1, 0.15) is 33.3 Å². The summed E-state index contributed by atoms with van der Waals surface area (Å²) in [6.07, 6.45) is 0. The molecule has 0 fully saturated rings. The fraction of sp³-hybridized carbons (Fsp3) is 0.500. The second-order valence-electron chi connectivity index (χ2n) is 5.58. The molecule has 1 aromatic carbocycles. The largest absolute Gasteiger partial charge is 0.409 e. The first-order chi connectivity index (χ1) is 9.77. The van der Waals surface area contributed by atoms with Crippen LogP contribution in [-0.4, -0.2) is 28.6 Å². The van der Waals surface area contributed by atoms with Gasteiger partial charge in [0.2, 0.25) is 0 Å². The SMILES string of the molecule is CC(C)CN(c1ccc([N+](=O)[O-])cc1C(N)=NO)C(C)C. The van der Waals surface area contributed by atoms with E-state index < -0.39 is 4.92 Å². The Hall–Kier alpha value is -2.31. The molecule has 116 valence electrons. The van der Waals surface area contributed by atoms with E-state index in [0.29, 0.717) is 11.5 Å². The quantitative estimate of drug-likeness (QED) is 0.276. The van der Waals surface area contributed by atoms with Gasteiger partial charge in [0.25, 0.3) is 5.69 Å². The van der Waals surface area contributed by atoms with E-state index in [0.717, 1.165) is 12.2 Å². The zero-order valence-corrected chi connectivity index (χ0v) is 12.8. The summed E-state index contributed by atoms with van der Waals surface area (Å²) in [5.74, 6) is 0.269. The van der Waals surface area contributed by atoms with Gasteiger partial charge in [0.05, 0.1) is 10.5 Å². The third-order valence-corrected chi connectivity index (χ3v) is 3.07. The molecule has 7 nitrogen and oxygen atoms in total. The molecule has 0 spiro atoms. The number of benzene rings is 1. The molecule has 0 unspecified atom stereocenters. The fourth-order valence-electron chi connectivity index (χ4n) is 2.13.